The Labute approximate surface area is 82.7 Å². The highest BCUT2D eigenvalue weighted by Crippen LogP contribution is 2.04. The van der Waals surface area contributed by atoms with Crippen molar-refractivity contribution in [3.8, 4) is 0 Å². The summed E-state index contributed by atoms with van der Waals surface area (Å²) in [4.78, 5) is 0. The van der Waals surface area contributed by atoms with Crippen LogP contribution < -0.4 is 5.32 Å². The van der Waals surface area contributed by atoms with Crippen molar-refractivity contribution in [3.63, 3.8) is 0 Å². The minimum Gasteiger partial charge on any atom is -0.389 e. The van der Waals surface area contributed by atoms with Gasteiger partial charge < -0.3 is 10.4 Å². The van der Waals surface area contributed by atoms with E-state index in [9.17, 15) is 5.11 Å². The zero-order chi connectivity index (χ0) is 10.3. The fourth-order valence-electron chi connectivity index (χ4n) is 1.23. The minimum absolute atomic E-state index is 0.526. The zero-order valence-electron chi connectivity index (χ0n) is 9.56. The van der Waals surface area contributed by atoms with Crippen molar-refractivity contribution < 1.29 is 5.11 Å². The van der Waals surface area contributed by atoms with Gasteiger partial charge in [-0.3, -0.25) is 0 Å². The second kappa shape index (κ2) is 6.39. The van der Waals surface area contributed by atoms with E-state index in [0.29, 0.717) is 12.6 Å². The Bertz CT molecular complexity index is 118. The van der Waals surface area contributed by atoms with E-state index in [2.05, 4.69) is 19.2 Å². The molecule has 0 bridgehead atoms. The maximum absolute atomic E-state index is 9.48. The number of hydrogen-bond acceptors (Lipinski definition) is 2. The lowest BCUT2D eigenvalue weighted by Crippen LogP contribution is -2.39. The summed E-state index contributed by atoms with van der Waals surface area (Å²) in [5.74, 6) is 0. The lowest BCUT2D eigenvalue weighted by Gasteiger charge is -2.21. The quantitative estimate of drug-likeness (QED) is 0.599. The summed E-state index contributed by atoms with van der Waals surface area (Å²) in [6, 6.07) is 0.526. The predicted octanol–water partition coefficient (Wildman–Crippen LogP) is 2.32. The van der Waals surface area contributed by atoms with E-state index >= 15 is 0 Å². The first-order valence-electron chi connectivity index (χ1n) is 5.41. The summed E-state index contributed by atoms with van der Waals surface area (Å²) in [6.07, 6.45) is 5.09. The van der Waals surface area contributed by atoms with Crippen molar-refractivity contribution in [1.29, 1.82) is 0 Å². The molecule has 0 heterocycles. The second-order valence-corrected chi connectivity index (χ2v) is 4.59. The average Bonchev–Trinajstić information content (AvgIpc) is 2.00. The summed E-state index contributed by atoms with van der Waals surface area (Å²) >= 11 is 0. The Morgan fingerprint density at radius 1 is 1.31 bits per heavy atom. The number of nitrogens with one attached hydrogen (secondary N) is 1. The summed E-state index contributed by atoms with van der Waals surface area (Å²) in [5, 5.41) is 12.8. The Morgan fingerprint density at radius 3 is 2.38 bits per heavy atom. The summed E-state index contributed by atoms with van der Waals surface area (Å²) in [6.45, 7) is 8.74. The van der Waals surface area contributed by atoms with E-state index in [1.54, 1.807) is 0 Å². The van der Waals surface area contributed by atoms with Crippen LogP contribution >= 0.6 is 0 Å². The van der Waals surface area contributed by atoms with Gasteiger partial charge in [-0.25, -0.2) is 0 Å². The molecule has 0 radical (unpaired) electrons. The van der Waals surface area contributed by atoms with Gasteiger partial charge in [0, 0.05) is 12.6 Å². The molecule has 0 aromatic heterocycles. The van der Waals surface area contributed by atoms with Gasteiger partial charge in [-0.2, -0.15) is 0 Å². The molecule has 0 aromatic rings. The number of aliphatic hydroxyl groups is 1. The van der Waals surface area contributed by atoms with Gasteiger partial charge in [-0.1, -0.05) is 26.2 Å². The predicted molar refractivity (Wildman–Crippen MR) is 57.9 cm³/mol. The molecule has 0 aliphatic rings. The molecular formula is C11H25NO. The van der Waals surface area contributed by atoms with Gasteiger partial charge in [0.1, 0.15) is 0 Å². The highest BCUT2D eigenvalue weighted by atomic mass is 16.3. The molecule has 1 atom stereocenters. The van der Waals surface area contributed by atoms with Crippen LogP contribution in [0.1, 0.15) is 53.4 Å². The third-order valence-electron chi connectivity index (χ3n) is 2.12. The molecule has 1 unspecified atom stereocenters. The molecule has 0 rings (SSSR count). The highest BCUT2D eigenvalue weighted by Gasteiger charge is 2.12. The van der Waals surface area contributed by atoms with Crippen LogP contribution in [0.5, 0.6) is 0 Å². The SMILES string of the molecule is CCCCCC(C)NCC(C)(C)O. The number of hydrogen-bond donors (Lipinski definition) is 2. The number of unbranched alkanes of at least 4 members (excludes halogenated alkanes) is 2. The van der Waals surface area contributed by atoms with Crippen LogP contribution in [0.25, 0.3) is 0 Å². The molecule has 0 saturated heterocycles. The van der Waals surface area contributed by atoms with Crippen molar-refractivity contribution >= 4 is 0 Å². The summed E-state index contributed by atoms with van der Waals surface area (Å²) < 4.78 is 0. The largest absolute Gasteiger partial charge is 0.389 e. The van der Waals surface area contributed by atoms with E-state index in [-0.39, 0.29) is 0 Å². The van der Waals surface area contributed by atoms with E-state index in [0.717, 1.165) is 0 Å². The maximum Gasteiger partial charge on any atom is 0.0715 e. The van der Waals surface area contributed by atoms with Crippen LogP contribution in [0.2, 0.25) is 0 Å². The monoisotopic (exact) mass is 187 g/mol. The molecule has 0 saturated carbocycles. The maximum atomic E-state index is 9.48. The van der Waals surface area contributed by atoms with E-state index in [1.165, 1.54) is 25.7 Å². The van der Waals surface area contributed by atoms with Gasteiger partial charge in [0.05, 0.1) is 5.60 Å². The Hall–Kier alpha value is -0.0800. The van der Waals surface area contributed by atoms with Gasteiger partial charge in [0.2, 0.25) is 0 Å². The van der Waals surface area contributed by atoms with E-state index < -0.39 is 5.60 Å². The van der Waals surface area contributed by atoms with Crippen LogP contribution in [0, 0.1) is 0 Å². The van der Waals surface area contributed by atoms with Gasteiger partial charge in [-0.05, 0) is 27.2 Å². The molecule has 0 aromatic carbocycles. The topological polar surface area (TPSA) is 32.3 Å². The van der Waals surface area contributed by atoms with Crippen LogP contribution in [0.15, 0.2) is 0 Å². The number of rotatable bonds is 7. The third-order valence-corrected chi connectivity index (χ3v) is 2.12. The molecule has 0 aliphatic heterocycles. The molecule has 80 valence electrons. The van der Waals surface area contributed by atoms with Gasteiger partial charge >= 0.3 is 0 Å². The molecule has 2 N–H and O–H groups in total. The average molecular weight is 187 g/mol. The molecular weight excluding hydrogens is 162 g/mol. The fraction of sp³-hybridized carbons (Fsp3) is 1.00. The lowest BCUT2D eigenvalue weighted by molar-refractivity contribution is 0.0766. The molecule has 2 nitrogen and oxygen atoms in total. The third kappa shape index (κ3) is 9.84. The van der Waals surface area contributed by atoms with Crippen molar-refractivity contribution in [2.24, 2.45) is 0 Å². The molecule has 0 aliphatic carbocycles. The first-order valence-corrected chi connectivity index (χ1v) is 5.41. The molecule has 0 spiro atoms. The Balaban J connectivity index is 3.35. The normalized spacial score (nSPS) is 14.5. The standard InChI is InChI=1S/C11H25NO/c1-5-6-7-8-10(2)12-9-11(3,4)13/h10,12-13H,5-9H2,1-4H3. The van der Waals surface area contributed by atoms with Crippen LogP contribution in [0.4, 0.5) is 0 Å². The smallest absolute Gasteiger partial charge is 0.0715 e. The van der Waals surface area contributed by atoms with Crippen LogP contribution in [0.3, 0.4) is 0 Å². The molecule has 0 fully saturated rings. The first-order chi connectivity index (χ1) is 5.95. The molecule has 2 heteroatoms. The zero-order valence-corrected chi connectivity index (χ0v) is 9.56. The van der Waals surface area contributed by atoms with Crippen molar-refractivity contribution in [1.82, 2.24) is 5.32 Å². The molecule has 13 heavy (non-hydrogen) atoms. The Kier molecular flexibility index (Phi) is 6.35. The van der Waals surface area contributed by atoms with Gasteiger partial charge in [0.15, 0.2) is 0 Å². The fourth-order valence-corrected chi connectivity index (χ4v) is 1.23. The first kappa shape index (κ1) is 12.9. The highest BCUT2D eigenvalue weighted by molar-refractivity contribution is 4.71. The summed E-state index contributed by atoms with van der Waals surface area (Å²) in [7, 11) is 0. The second-order valence-electron chi connectivity index (χ2n) is 4.59. The van der Waals surface area contributed by atoms with Crippen molar-refractivity contribution in [2.75, 3.05) is 6.54 Å². The minimum atomic E-state index is -0.584. The van der Waals surface area contributed by atoms with Crippen molar-refractivity contribution in [2.45, 2.75) is 65.0 Å². The van der Waals surface area contributed by atoms with Gasteiger partial charge in [0.25, 0.3) is 0 Å². The van der Waals surface area contributed by atoms with Crippen molar-refractivity contribution in [3.05, 3.63) is 0 Å². The molecule has 0 amide bonds. The van der Waals surface area contributed by atoms with Gasteiger partial charge in [-0.15, -0.1) is 0 Å². The Morgan fingerprint density at radius 2 is 1.92 bits per heavy atom. The van der Waals surface area contributed by atoms with Crippen LogP contribution in [-0.4, -0.2) is 23.3 Å². The summed E-state index contributed by atoms with van der Waals surface area (Å²) in [5.41, 5.74) is -0.584. The van der Waals surface area contributed by atoms with E-state index in [1.807, 2.05) is 13.8 Å². The van der Waals surface area contributed by atoms with Crippen LogP contribution in [-0.2, 0) is 0 Å². The van der Waals surface area contributed by atoms with E-state index in [4.69, 9.17) is 0 Å². The lowest BCUT2D eigenvalue weighted by atomic mass is 10.1.